The maximum absolute atomic E-state index is 13.0. The first-order valence-corrected chi connectivity index (χ1v) is 11.3. The average Bonchev–Trinajstić information content (AvgIpc) is 3.18. The maximum Gasteiger partial charge on any atom is 0.252 e. The molecule has 0 radical (unpaired) electrons. The Kier molecular flexibility index (Phi) is 7.31. The Balaban J connectivity index is 1.68. The summed E-state index contributed by atoms with van der Waals surface area (Å²) < 4.78 is 10.7. The van der Waals surface area contributed by atoms with Crippen LogP contribution in [-0.4, -0.2) is 54.6 Å². The number of fused-ring (bicyclic) bond motifs is 1. The molecule has 2 aliphatic heterocycles. The topological polar surface area (TPSA) is 97.0 Å². The first-order chi connectivity index (χ1) is 15.0. The first-order valence-electron chi connectivity index (χ1n) is 11.3. The number of nitrogens with one attached hydrogen (secondary N) is 2. The van der Waals surface area contributed by atoms with Crippen LogP contribution in [0.5, 0.6) is 11.5 Å². The van der Waals surface area contributed by atoms with Gasteiger partial charge in [0.25, 0.3) is 5.91 Å². The number of ether oxygens (including phenoxy) is 2. The summed E-state index contributed by atoms with van der Waals surface area (Å²) in [6.45, 7) is 11.2. The third kappa shape index (κ3) is 6.14. The summed E-state index contributed by atoms with van der Waals surface area (Å²) in [4.78, 5) is 40.4. The number of carbonyl (C=O) groups is 3. The smallest absolute Gasteiger partial charge is 0.252 e. The summed E-state index contributed by atoms with van der Waals surface area (Å²) in [5.41, 5.74) is 0.348. The maximum atomic E-state index is 13.0. The lowest BCUT2D eigenvalue weighted by atomic mass is 9.87. The molecule has 0 aromatic heterocycles. The molecule has 1 atom stereocenters. The van der Waals surface area contributed by atoms with Gasteiger partial charge >= 0.3 is 0 Å². The summed E-state index contributed by atoms with van der Waals surface area (Å²) in [5.74, 6) is 0.676. The molecule has 8 heteroatoms. The van der Waals surface area contributed by atoms with E-state index in [4.69, 9.17) is 9.47 Å². The molecule has 8 nitrogen and oxygen atoms in total. The Morgan fingerprint density at radius 3 is 2.34 bits per heavy atom. The molecule has 1 saturated heterocycles. The number of benzene rings is 1. The van der Waals surface area contributed by atoms with Crippen LogP contribution >= 0.6 is 0 Å². The van der Waals surface area contributed by atoms with Crippen LogP contribution in [0.1, 0.15) is 64.2 Å². The average molecular weight is 446 g/mol. The second-order valence-electron chi connectivity index (χ2n) is 10.1. The molecule has 2 heterocycles. The van der Waals surface area contributed by atoms with E-state index in [0.717, 1.165) is 0 Å². The fourth-order valence-corrected chi connectivity index (χ4v) is 4.08. The zero-order chi connectivity index (χ0) is 23.5. The minimum Gasteiger partial charge on any atom is -0.454 e. The van der Waals surface area contributed by atoms with Crippen molar-refractivity contribution in [3.63, 3.8) is 0 Å². The predicted molar refractivity (Wildman–Crippen MR) is 120 cm³/mol. The molecule has 0 saturated carbocycles. The molecule has 0 bridgehead atoms. The van der Waals surface area contributed by atoms with Gasteiger partial charge in [-0.25, -0.2) is 0 Å². The second-order valence-corrected chi connectivity index (χ2v) is 10.1. The number of nitrogens with zero attached hydrogens (tertiary/aromatic N) is 1. The molecule has 0 unspecified atom stereocenters. The molecular formula is C24H35N3O5. The minimum absolute atomic E-state index is 0.0408. The van der Waals surface area contributed by atoms with Gasteiger partial charge in [-0.3, -0.25) is 14.4 Å². The lowest BCUT2D eigenvalue weighted by molar-refractivity contribution is -0.134. The van der Waals surface area contributed by atoms with Gasteiger partial charge in [0.2, 0.25) is 18.6 Å². The normalized spacial score (nSPS) is 17.2. The van der Waals surface area contributed by atoms with Gasteiger partial charge in [0.1, 0.15) is 6.04 Å². The number of amides is 3. The van der Waals surface area contributed by atoms with Crippen molar-refractivity contribution in [3.05, 3.63) is 23.8 Å². The minimum atomic E-state index is -0.671. The van der Waals surface area contributed by atoms with Gasteiger partial charge in [0.05, 0.1) is 0 Å². The van der Waals surface area contributed by atoms with Crippen LogP contribution in [0.25, 0.3) is 0 Å². The van der Waals surface area contributed by atoms with Crippen molar-refractivity contribution in [2.45, 2.75) is 66.0 Å². The molecular weight excluding hydrogens is 410 g/mol. The molecule has 2 N–H and O–H groups in total. The number of rotatable bonds is 6. The van der Waals surface area contributed by atoms with E-state index in [1.54, 1.807) is 18.2 Å². The van der Waals surface area contributed by atoms with E-state index < -0.39 is 6.04 Å². The van der Waals surface area contributed by atoms with Crippen LogP contribution in [0.2, 0.25) is 0 Å². The van der Waals surface area contributed by atoms with Crippen molar-refractivity contribution in [1.82, 2.24) is 15.5 Å². The van der Waals surface area contributed by atoms with Crippen molar-refractivity contribution in [2.75, 3.05) is 19.9 Å². The zero-order valence-electron chi connectivity index (χ0n) is 19.7. The lowest BCUT2D eigenvalue weighted by Gasteiger charge is -2.37. The molecule has 1 fully saturated rings. The first kappa shape index (κ1) is 23.9. The van der Waals surface area contributed by atoms with E-state index in [0.29, 0.717) is 49.4 Å². The fraction of sp³-hybridized carbons (Fsp3) is 0.625. The number of hydrogen-bond acceptors (Lipinski definition) is 5. The summed E-state index contributed by atoms with van der Waals surface area (Å²) in [6, 6.07) is 4.27. The molecule has 32 heavy (non-hydrogen) atoms. The Morgan fingerprint density at radius 1 is 1.06 bits per heavy atom. The molecule has 1 aromatic carbocycles. The predicted octanol–water partition coefficient (Wildman–Crippen LogP) is 2.71. The summed E-state index contributed by atoms with van der Waals surface area (Å²) in [7, 11) is 0. The number of likely N-dealkylation sites (tertiary alicyclic amines) is 1. The van der Waals surface area contributed by atoms with E-state index in [-0.39, 0.29) is 41.9 Å². The van der Waals surface area contributed by atoms with E-state index in [9.17, 15) is 14.4 Å². The Labute approximate surface area is 190 Å². The van der Waals surface area contributed by atoms with Crippen LogP contribution in [0.15, 0.2) is 18.2 Å². The highest BCUT2D eigenvalue weighted by atomic mass is 16.7. The van der Waals surface area contributed by atoms with Crippen LogP contribution < -0.4 is 20.1 Å². The van der Waals surface area contributed by atoms with Gasteiger partial charge in [-0.2, -0.15) is 0 Å². The highest BCUT2D eigenvalue weighted by Gasteiger charge is 2.35. The van der Waals surface area contributed by atoms with Crippen molar-refractivity contribution in [3.8, 4) is 11.5 Å². The van der Waals surface area contributed by atoms with Crippen LogP contribution in [0.3, 0.4) is 0 Å². The third-order valence-corrected chi connectivity index (χ3v) is 5.68. The van der Waals surface area contributed by atoms with Crippen molar-refractivity contribution < 1.29 is 23.9 Å². The molecule has 2 aliphatic rings. The van der Waals surface area contributed by atoms with E-state index >= 15 is 0 Å². The van der Waals surface area contributed by atoms with E-state index in [1.165, 1.54) is 0 Å². The van der Waals surface area contributed by atoms with Crippen LogP contribution in [-0.2, 0) is 9.59 Å². The summed E-state index contributed by atoms with van der Waals surface area (Å²) in [5, 5.41) is 5.86. The Morgan fingerprint density at radius 2 is 1.72 bits per heavy atom. The van der Waals surface area contributed by atoms with E-state index in [1.807, 2.05) is 18.7 Å². The van der Waals surface area contributed by atoms with Gasteiger partial charge in [-0.15, -0.1) is 0 Å². The number of hydrogen-bond donors (Lipinski definition) is 2. The van der Waals surface area contributed by atoms with Crippen LogP contribution in [0.4, 0.5) is 0 Å². The molecule has 3 amide bonds. The van der Waals surface area contributed by atoms with Crippen molar-refractivity contribution in [2.24, 2.45) is 11.3 Å². The highest BCUT2D eigenvalue weighted by Crippen LogP contribution is 2.32. The van der Waals surface area contributed by atoms with Gasteiger partial charge in [0.15, 0.2) is 11.5 Å². The monoisotopic (exact) mass is 445 g/mol. The van der Waals surface area contributed by atoms with Gasteiger partial charge in [-0.05, 0) is 56.2 Å². The van der Waals surface area contributed by atoms with E-state index in [2.05, 4.69) is 31.4 Å². The molecule has 0 spiro atoms. The quantitative estimate of drug-likeness (QED) is 0.702. The van der Waals surface area contributed by atoms with Crippen LogP contribution in [0, 0.1) is 11.3 Å². The molecule has 3 rings (SSSR count). The third-order valence-electron chi connectivity index (χ3n) is 5.68. The van der Waals surface area contributed by atoms with Gasteiger partial charge < -0.3 is 25.0 Å². The Hall–Kier alpha value is -2.77. The Bertz CT molecular complexity index is 854. The van der Waals surface area contributed by atoms with Crippen molar-refractivity contribution in [1.29, 1.82) is 0 Å². The van der Waals surface area contributed by atoms with Crippen molar-refractivity contribution >= 4 is 17.7 Å². The SMILES string of the molecule is CC(C)NC(=O)[C@H](NC(=O)c1ccc2c(c1)OCO2)C1CCN(C(=O)CC(C)(C)C)CC1. The lowest BCUT2D eigenvalue weighted by Crippen LogP contribution is -2.54. The van der Waals surface area contributed by atoms with Gasteiger partial charge in [-0.1, -0.05) is 20.8 Å². The fourth-order valence-electron chi connectivity index (χ4n) is 4.08. The molecule has 1 aromatic rings. The highest BCUT2D eigenvalue weighted by molar-refractivity contribution is 5.98. The zero-order valence-corrected chi connectivity index (χ0v) is 19.7. The molecule has 176 valence electrons. The summed E-state index contributed by atoms with van der Waals surface area (Å²) >= 11 is 0. The molecule has 0 aliphatic carbocycles. The largest absolute Gasteiger partial charge is 0.454 e. The van der Waals surface area contributed by atoms with Gasteiger partial charge in [0, 0.05) is 31.1 Å². The number of carbonyl (C=O) groups excluding carboxylic acids is 3. The number of piperidine rings is 1. The second kappa shape index (κ2) is 9.79. The summed E-state index contributed by atoms with van der Waals surface area (Å²) in [6.07, 6.45) is 1.82. The standard InChI is InChI=1S/C24H35N3O5/c1-15(2)25-23(30)21(16-8-10-27(11-9-16)20(28)13-24(3,4)5)26-22(29)17-6-7-18-19(12-17)32-14-31-18/h6-7,12,15-16,21H,8-11,13-14H2,1-5H3,(H,25,30)(H,26,29)/t21-/m1/s1.